The number of rotatable bonds is 5. The molecule has 0 fully saturated rings. The quantitative estimate of drug-likeness (QED) is 0.744. The van der Waals surface area contributed by atoms with Gasteiger partial charge in [0.15, 0.2) is 0 Å². The molecular formula is C17H19N3O3S. The Balaban J connectivity index is 2.00. The summed E-state index contributed by atoms with van der Waals surface area (Å²) in [5, 5.41) is 4.78. The molecule has 1 amide bonds. The molecule has 7 heteroatoms. The number of carbonyl (C=O) groups excluding carboxylic acids is 1. The van der Waals surface area contributed by atoms with Crippen LogP contribution in [0.3, 0.4) is 0 Å². The van der Waals surface area contributed by atoms with Crippen LogP contribution in [0.5, 0.6) is 0 Å². The van der Waals surface area contributed by atoms with E-state index in [0.717, 1.165) is 28.4 Å². The summed E-state index contributed by atoms with van der Waals surface area (Å²) in [4.78, 5) is 11.9. The van der Waals surface area contributed by atoms with Gasteiger partial charge in [-0.1, -0.05) is 18.2 Å². The van der Waals surface area contributed by atoms with Gasteiger partial charge in [-0.2, -0.15) is 0 Å². The van der Waals surface area contributed by atoms with Gasteiger partial charge in [0.25, 0.3) is 0 Å². The van der Waals surface area contributed by atoms with Crippen molar-refractivity contribution in [3.05, 3.63) is 42.5 Å². The predicted molar refractivity (Wildman–Crippen MR) is 96.6 cm³/mol. The van der Waals surface area contributed by atoms with Crippen molar-refractivity contribution in [2.24, 2.45) is 0 Å². The molecule has 126 valence electrons. The standard InChI is InChI=1S/C17H19N3O3S/c1-3-20-15-7-5-4-6-13(15)14-10-12(8-9-16(14)20)19-17(21)11-24(22,23)18-2/h4-10,18H,3,11H2,1-2H3,(H,19,21). The molecule has 24 heavy (non-hydrogen) atoms. The molecule has 0 atom stereocenters. The van der Waals surface area contributed by atoms with Crippen LogP contribution in [0, 0.1) is 0 Å². The van der Waals surface area contributed by atoms with E-state index in [2.05, 4.69) is 27.6 Å². The Labute approximate surface area is 140 Å². The number of amides is 1. The lowest BCUT2D eigenvalue weighted by atomic mass is 10.1. The topological polar surface area (TPSA) is 80.2 Å². The fourth-order valence-electron chi connectivity index (χ4n) is 2.91. The van der Waals surface area contributed by atoms with E-state index in [1.165, 1.54) is 7.05 Å². The second-order valence-corrected chi connectivity index (χ2v) is 7.43. The summed E-state index contributed by atoms with van der Waals surface area (Å²) >= 11 is 0. The van der Waals surface area contributed by atoms with Crippen LogP contribution in [0.15, 0.2) is 42.5 Å². The molecule has 0 saturated heterocycles. The zero-order valence-corrected chi connectivity index (χ0v) is 14.4. The Hall–Kier alpha value is -2.38. The van der Waals surface area contributed by atoms with Gasteiger partial charge in [0.2, 0.25) is 15.9 Å². The zero-order chi connectivity index (χ0) is 17.3. The van der Waals surface area contributed by atoms with Gasteiger partial charge in [-0.15, -0.1) is 0 Å². The summed E-state index contributed by atoms with van der Waals surface area (Å²) in [5.41, 5.74) is 2.80. The molecule has 0 saturated carbocycles. The van der Waals surface area contributed by atoms with Gasteiger partial charge in [-0.25, -0.2) is 13.1 Å². The summed E-state index contributed by atoms with van der Waals surface area (Å²) in [5.74, 6) is -1.17. The van der Waals surface area contributed by atoms with E-state index in [1.807, 2.05) is 30.3 Å². The molecule has 0 spiro atoms. The monoisotopic (exact) mass is 345 g/mol. The van der Waals surface area contributed by atoms with Crippen LogP contribution in [0.4, 0.5) is 5.69 Å². The highest BCUT2D eigenvalue weighted by Gasteiger charge is 2.15. The van der Waals surface area contributed by atoms with E-state index in [1.54, 1.807) is 6.07 Å². The summed E-state index contributed by atoms with van der Waals surface area (Å²) in [6, 6.07) is 13.7. The minimum Gasteiger partial charge on any atom is -0.341 e. The van der Waals surface area contributed by atoms with Crippen molar-refractivity contribution in [2.45, 2.75) is 13.5 Å². The maximum Gasteiger partial charge on any atom is 0.240 e. The maximum atomic E-state index is 11.9. The number of aryl methyl sites for hydroxylation is 1. The van der Waals surface area contributed by atoms with Crippen LogP contribution >= 0.6 is 0 Å². The molecule has 0 aliphatic carbocycles. The van der Waals surface area contributed by atoms with Crippen molar-refractivity contribution in [3.63, 3.8) is 0 Å². The Morgan fingerprint density at radius 1 is 1.08 bits per heavy atom. The van der Waals surface area contributed by atoms with Gasteiger partial charge in [0.1, 0.15) is 5.75 Å². The van der Waals surface area contributed by atoms with Gasteiger partial charge >= 0.3 is 0 Å². The number of para-hydroxylation sites is 1. The average molecular weight is 345 g/mol. The number of benzene rings is 2. The predicted octanol–water partition coefficient (Wildman–Crippen LogP) is 2.30. The lowest BCUT2D eigenvalue weighted by molar-refractivity contribution is -0.113. The second-order valence-electron chi connectivity index (χ2n) is 5.50. The molecule has 1 aromatic heterocycles. The van der Waals surface area contributed by atoms with Crippen LogP contribution in [-0.4, -0.2) is 31.7 Å². The fraction of sp³-hybridized carbons (Fsp3) is 0.235. The van der Waals surface area contributed by atoms with Crippen molar-refractivity contribution in [1.82, 2.24) is 9.29 Å². The molecule has 2 N–H and O–H groups in total. The Morgan fingerprint density at radius 3 is 2.50 bits per heavy atom. The Kier molecular flexibility index (Phi) is 4.29. The number of nitrogens with one attached hydrogen (secondary N) is 2. The van der Waals surface area contributed by atoms with Crippen molar-refractivity contribution >= 4 is 43.4 Å². The highest BCUT2D eigenvalue weighted by Crippen LogP contribution is 2.30. The lowest BCUT2D eigenvalue weighted by Crippen LogP contribution is -2.30. The minimum atomic E-state index is -3.58. The molecule has 1 heterocycles. The van der Waals surface area contributed by atoms with E-state index in [-0.39, 0.29) is 0 Å². The zero-order valence-electron chi connectivity index (χ0n) is 13.5. The average Bonchev–Trinajstić information content (AvgIpc) is 2.87. The largest absolute Gasteiger partial charge is 0.341 e. The molecule has 2 aromatic carbocycles. The number of carbonyl (C=O) groups is 1. The fourth-order valence-corrected chi connectivity index (χ4v) is 3.48. The Bertz CT molecular complexity index is 1020. The van der Waals surface area contributed by atoms with Gasteiger partial charge in [0.05, 0.1) is 0 Å². The van der Waals surface area contributed by atoms with Crippen molar-refractivity contribution < 1.29 is 13.2 Å². The van der Waals surface area contributed by atoms with Gasteiger partial charge in [0, 0.05) is 34.0 Å². The molecule has 0 radical (unpaired) electrons. The van der Waals surface area contributed by atoms with Gasteiger partial charge in [-0.3, -0.25) is 4.79 Å². The second kappa shape index (κ2) is 6.26. The van der Waals surface area contributed by atoms with Crippen LogP contribution < -0.4 is 10.0 Å². The van der Waals surface area contributed by atoms with E-state index >= 15 is 0 Å². The summed E-state index contributed by atoms with van der Waals surface area (Å²) in [6.07, 6.45) is 0. The number of anilines is 1. The SMILES string of the molecule is CCn1c2ccccc2c2cc(NC(=O)CS(=O)(=O)NC)ccc21. The number of aromatic nitrogens is 1. The molecule has 0 bridgehead atoms. The molecule has 0 aliphatic rings. The molecular weight excluding hydrogens is 326 g/mol. The first-order valence-corrected chi connectivity index (χ1v) is 9.32. The molecule has 0 aliphatic heterocycles. The van der Waals surface area contributed by atoms with E-state index < -0.39 is 21.7 Å². The normalized spacial score (nSPS) is 11.9. The molecule has 3 aromatic rings. The molecule has 3 rings (SSSR count). The van der Waals surface area contributed by atoms with E-state index in [4.69, 9.17) is 0 Å². The third kappa shape index (κ3) is 3.00. The summed E-state index contributed by atoms with van der Waals surface area (Å²) in [7, 11) is -2.30. The summed E-state index contributed by atoms with van der Waals surface area (Å²) < 4.78 is 27.2. The first-order chi connectivity index (χ1) is 11.4. The van der Waals surface area contributed by atoms with E-state index in [9.17, 15) is 13.2 Å². The van der Waals surface area contributed by atoms with Crippen molar-refractivity contribution in [3.8, 4) is 0 Å². The Morgan fingerprint density at radius 2 is 1.79 bits per heavy atom. The van der Waals surface area contributed by atoms with Crippen LogP contribution in [0.1, 0.15) is 6.92 Å². The van der Waals surface area contributed by atoms with Crippen LogP contribution in [0.2, 0.25) is 0 Å². The van der Waals surface area contributed by atoms with Gasteiger partial charge in [-0.05, 0) is 38.2 Å². The number of hydrogen-bond donors (Lipinski definition) is 2. The molecule has 0 unspecified atom stereocenters. The number of fused-ring (bicyclic) bond motifs is 3. The van der Waals surface area contributed by atoms with Gasteiger partial charge < -0.3 is 9.88 Å². The maximum absolute atomic E-state index is 11.9. The van der Waals surface area contributed by atoms with Crippen molar-refractivity contribution in [2.75, 3.05) is 18.1 Å². The lowest BCUT2D eigenvalue weighted by Gasteiger charge is -2.07. The third-order valence-electron chi connectivity index (χ3n) is 4.00. The first kappa shape index (κ1) is 16.5. The smallest absolute Gasteiger partial charge is 0.240 e. The van der Waals surface area contributed by atoms with Crippen molar-refractivity contribution in [1.29, 1.82) is 0 Å². The molecule has 6 nitrogen and oxygen atoms in total. The van der Waals surface area contributed by atoms with Crippen LogP contribution in [-0.2, 0) is 21.4 Å². The summed E-state index contributed by atoms with van der Waals surface area (Å²) in [6.45, 7) is 2.93. The number of hydrogen-bond acceptors (Lipinski definition) is 3. The third-order valence-corrected chi connectivity index (χ3v) is 5.27. The highest BCUT2D eigenvalue weighted by atomic mass is 32.2. The number of nitrogens with zero attached hydrogens (tertiary/aromatic N) is 1. The van der Waals surface area contributed by atoms with Crippen LogP contribution in [0.25, 0.3) is 21.8 Å². The number of sulfonamides is 1. The first-order valence-electron chi connectivity index (χ1n) is 7.67. The van der Waals surface area contributed by atoms with E-state index in [0.29, 0.717) is 5.69 Å². The minimum absolute atomic E-state index is 0.567. The highest BCUT2D eigenvalue weighted by molar-refractivity contribution is 7.90.